The van der Waals surface area contributed by atoms with Crippen molar-refractivity contribution in [2.24, 2.45) is 0 Å². The maximum Gasteiger partial charge on any atom is 0.137 e. The molecule has 3 nitrogen and oxygen atoms in total. The molecule has 0 aliphatic heterocycles. The topological polar surface area (TPSA) is 48.4 Å². The Morgan fingerprint density at radius 2 is 2.20 bits per heavy atom. The lowest BCUT2D eigenvalue weighted by Crippen LogP contribution is -1.89. The van der Waals surface area contributed by atoms with Gasteiger partial charge in [0.1, 0.15) is 17.1 Å². The lowest BCUT2D eigenvalue weighted by Gasteiger charge is -2.03. The first-order valence-electron chi connectivity index (χ1n) is 4.72. The van der Waals surface area contributed by atoms with Crippen molar-refractivity contribution in [3.63, 3.8) is 0 Å². The Balaban J connectivity index is 2.79. The van der Waals surface area contributed by atoms with Crippen LogP contribution in [0.1, 0.15) is 12.7 Å². The number of rotatable bonds is 2. The molecular weight excluding hydrogens is 258 g/mol. The Hall–Kier alpha value is -1.16. The molecule has 0 radical (unpaired) electrons. The fraction of sp³-hybridized carbons (Fsp3) is 0.273. The van der Waals surface area contributed by atoms with E-state index in [-0.39, 0.29) is 0 Å². The van der Waals surface area contributed by atoms with Crippen LogP contribution in [0.4, 0.5) is 5.69 Å². The highest BCUT2D eigenvalue weighted by atomic mass is 79.9. The minimum atomic E-state index is 0.693. The molecule has 80 valence electrons. The van der Waals surface area contributed by atoms with Crippen molar-refractivity contribution in [2.75, 3.05) is 12.8 Å². The van der Waals surface area contributed by atoms with Crippen molar-refractivity contribution in [1.82, 2.24) is 0 Å². The van der Waals surface area contributed by atoms with Crippen LogP contribution in [0.2, 0.25) is 0 Å². The highest BCUT2D eigenvalue weighted by molar-refractivity contribution is 9.10. The second-order valence-corrected chi connectivity index (χ2v) is 4.04. The minimum Gasteiger partial charge on any atom is -0.496 e. The molecule has 2 rings (SSSR count). The highest BCUT2D eigenvalue weighted by Gasteiger charge is 2.15. The van der Waals surface area contributed by atoms with E-state index in [1.807, 2.05) is 19.1 Å². The maximum absolute atomic E-state index is 5.99. The molecule has 0 fully saturated rings. The summed E-state index contributed by atoms with van der Waals surface area (Å²) >= 11 is 3.47. The second-order valence-electron chi connectivity index (χ2n) is 3.25. The number of benzene rings is 1. The number of anilines is 1. The number of hydrogen-bond acceptors (Lipinski definition) is 3. The van der Waals surface area contributed by atoms with E-state index in [4.69, 9.17) is 14.9 Å². The van der Waals surface area contributed by atoms with E-state index in [0.29, 0.717) is 5.69 Å². The van der Waals surface area contributed by atoms with Gasteiger partial charge in [-0.3, -0.25) is 0 Å². The summed E-state index contributed by atoms with van der Waals surface area (Å²) in [5.41, 5.74) is 7.48. The molecule has 0 spiro atoms. The number of nitrogen functional groups attached to an aromatic ring is 1. The maximum atomic E-state index is 5.99. The fourth-order valence-corrected chi connectivity index (χ4v) is 2.33. The van der Waals surface area contributed by atoms with Gasteiger partial charge < -0.3 is 14.9 Å². The molecule has 0 saturated heterocycles. The Morgan fingerprint density at radius 1 is 1.47 bits per heavy atom. The monoisotopic (exact) mass is 269 g/mol. The van der Waals surface area contributed by atoms with Gasteiger partial charge in [-0.15, -0.1) is 0 Å². The van der Waals surface area contributed by atoms with Crippen molar-refractivity contribution >= 4 is 32.6 Å². The summed E-state index contributed by atoms with van der Waals surface area (Å²) in [5, 5.41) is 0.895. The van der Waals surface area contributed by atoms with Crippen LogP contribution >= 0.6 is 15.9 Å². The van der Waals surface area contributed by atoms with Gasteiger partial charge in [-0.1, -0.05) is 6.92 Å². The summed E-state index contributed by atoms with van der Waals surface area (Å²) in [4.78, 5) is 0. The molecule has 0 amide bonds. The average Bonchev–Trinajstić information content (AvgIpc) is 2.57. The number of hydrogen-bond donors (Lipinski definition) is 1. The molecule has 1 heterocycles. The van der Waals surface area contributed by atoms with Gasteiger partial charge >= 0.3 is 0 Å². The summed E-state index contributed by atoms with van der Waals surface area (Å²) in [6.45, 7) is 2.01. The fourth-order valence-electron chi connectivity index (χ4n) is 1.62. The summed E-state index contributed by atoms with van der Waals surface area (Å²) in [5.74, 6) is 1.58. The number of nitrogens with two attached hydrogens (primary N) is 1. The van der Waals surface area contributed by atoms with E-state index in [2.05, 4.69) is 15.9 Å². The number of furan rings is 1. The van der Waals surface area contributed by atoms with E-state index in [9.17, 15) is 0 Å². The molecule has 0 aliphatic rings. The Bertz CT molecular complexity index is 503. The Morgan fingerprint density at radius 3 is 2.80 bits per heavy atom. The summed E-state index contributed by atoms with van der Waals surface area (Å²) in [7, 11) is 1.63. The third-order valence-corrected chi connectivity index (χ3v) is 3.20. The minimum absolute atomic E-state index is 0.693. The van der Waals surface area contributed by atoms with Gasteiger partial charge in [0.05, 0.1) is 22.7 Å². The predicted molar refractivity (Wildman–Crippen MR) is 64.3 cm³/mol. The third-order valence-electron chi connectivity index (χ3n) is 2.41. The average molecular weight is 270 g/mol. The van der Waals surface area contributed by atoms with Crippen LogP contribution in [0.5, 0.6) is 5.75 Å². The van der Waals surface area contributed by atoms with Crippen LogP contribution < -0.4 is 10.5 Å². The quantitative estimate of drug-likeness (QED) is 0.910. The molecule has 0 saturated carbocycles. The molecule has 0 bridgehead atoms. The van der Waals surface area contributed by atoms with Crippen LogP contribution in [0.15, 0.2) is 21.0 Å². The first-order valence-corrected chi connectivity index (χ1v) is 5.51. The Kier molecular flexibility index (Phi) is 2.61. The number of aryl methyl sites for hydroxylation is 1. The Labute approximate surface area is 96.3 Å². The lowest BCUT2D eigenvalue weighted by atomic mass is 10.2. The van der Waals surface area contributed by atoms with Gasteiger partial charge in [-0.2, -0.15) is 0 Å². The predicted octanol–water partition coefficient (Wildman–Crippen LogP) is 3.35. The van der Waals surface area contributed by atoms with E-state index in [0.717, 1.165) is 33.4 Å². The van der Waals surface area contributed by atoms with Crippen LogP contribution in [-0.4, -0.2) is 7.11 Å². The van der Waals surface area contributed by atoms with Crippen LogP contribution in [0.25, 0.3) is 11.0 Å². The summed E-state index contributed by atoms with van der Waals surface area (Å²) in [6, 6.07) is 3.73. The number of halogens is 1. The van der Waals surface area contributed by atoms with E-state index in [1.165, 1.54) is 0 Å². The smallest absolute Gasteiger partial charge is 0.137 e. The molecule has 0 unspecified atom stereocenters. The van der Waals surface area contributed by atoms with Crippen molar-refractivity contribution in [3.05, 3.63) is 22.4 Å². The molecule has 15 heavy (non-hydrogen) atoms. The van der Waals surface area contributed by atoms with Crippen molar-refractivity contribution in [1.29, 1.82) is 0 Å². The van der Waals surface area contributed by atoms with E-state index in [1.54, 1.807) is 7.11 Å². The molecular formula is C11H12BrNO2. The molecule has 2 aromatic rings. The van der Waals surface area contributed by atoms with Gasteiger partial charge in [-0.05, 0) is 28.1 Å². The van der Waals surface area contributed by atoms with Gasteiger partial charge in [-0.25, -0.2) is 0 Å². The summed E-state index contributed by atoms with van der Waals surface area (Å²) in [6.07, 6.45) is 0.787. The van der Waals surface area contributed by atoms with E-state index < -0.39 is 0 Å². The van der Waals surface area contributed by atoms with Crippen LogP contribution in [0, 0.1) is 0 Å². The first-order chi connectivity index (χ1) is 7.19. The first kappa shape index (κ1) is 10.4. The molecule has 1 aromatic heterocycles. The molecule has 1 aromatic carbocycles. The zero-order chi connectivity index (χ0) is 11.0. The zero-order valence-electron chi connectivity index (χ0n) is 8.63. The lowest BCUT2D eigenvalue weighted by molar-refractivity contribution is 0.412. The van der Waals surface area contributed by atoms with Gasteiger partial charge in [0, 0.05) is 6.42 Å². The number of ether oxygens (including phenoxy) is 1. The second kappa shape index (κ2) is 3.77. The van der Waals surface area contributed by atoms with Crippen LogP contribution in [0.3, 0.4) is 0 Å². The number of methoxy groups -OCH3 is 1. The molecule has 0 atom stereocenters. The van der Waals surface area contributed by atoms with Gasteiger partial charge in [0.25, 0.3) is 0 Å². The standard InChI is InChI=1S/C11H12BrNO2/c1-3-6-11(13)9-7(15-6)4-5-8(14-2)10(9)12/h4-5H,3,13H2,1-2H3. The van der Waals surface area contributed by atoms with Gasteiger partial charge in [0.15, 0.2) is 0 Å². The van der Waals surface area contributed by atoms with Crippen molar-refractivity contribution in [3.8, 4) is 5.75 Å². The summed E-state index contributed by atoms with van der Waals surface area (Å²) < 4.78 is 11.7. The zero-order valence-corrected chi connectivity index (χ0v) is 10.2. The van der Waals surface area contributed by atoms with Gasteiger partial charge in [0.2, 0.25) is 0 Å². The molecule has 4 heteroatoms. The SMILES string of the molecule is CCc1oc2ccc(OC)c(Br)c2c1N. The molecule has 0 aliphatic carbocycles. The number of fused-ring (bicyclic) bond motifs is 1. The van der Waals surface area contributed by atoms with E-state index >= 15 is 0 Å². The normalized spacial score (nSPS) is 10.9. The van der Waals surface area contributed by atoms with Crippen molar-refractivity contribution in [2.45, 2.75) is 13.3 Å². The third kappa shape index (κ3) is 1.49. The largest absolute Gasteiger partial charge is 0.496 e. The highest BCUT2D eigenvalue weighted by Crippen LogP contribution is 2.39. The van der Waals surface area contributed by atoms with Crippen LogP contribution in [-0.2, 0) is 6.42 Å². The van der Waals surface area contributed by atoms with Crippen molar-refractivity contribution < 1.29 is 9.15 Å². The molecule has 2 N–H and O–H groups in total.